The van der Waals surface area contributed by atoms with E-state index in [0.29, 0.717) is 6.61 Å². The fourth-order valence-electron chi connectivity index (χ4n) is 1.92. The predicted molar refractivity (Wildman–Crippen MR) is 84.1 cm³/mol. The molecule has 2 rings (SSSR count). The minimum Gasteiger partial charge on any atom is -0.497 e. The van der Waals surface area contributed by atoms with Crippen LogP contribution < -0.4 is 4.74 Å². The van der Waals surface area contributed by atoms with Gasteiger partial charge in [0.25, 0.3) is 0 Å². The van der Waals surface area contributed by atoms with Crippen molar-refractivity contribution in [2.75, 3.05) is 13.7 Å². The van der Waals surface area contributed by atoms with E-state index >= 15 is 0 Å². The van der Waals surface area contributed by atoms with Gasteiger partial charge in [-0.15, -0.1) is 0 Å². The molecule has 2 aromatic rings. The SMILES string of the molecule is CCOC(=O)C=Cc1ccc(-c2ccc(OC)cc2)cc1. The molecular weight excluding hydrogens is 264 g/mol. The first-order chi connectivity index (χ1) is 10.2. The van der Waals surface area contributed by atoms with Crippen molar-refractivity contribution in [3.05, 3.63) is 60.2 Å². The molecule has 0 saturated heterocycles. The lowest BCUT2D eigenvalue weighted by molar-refractivity contribution is -0.137. The Morgan fingerprint density at radius 3 is 2.10 bits per heavy atom. The zero-order valence-corrected chi connectivity index (χ0v) is 12.2. The van der Waals surface area contributed by atoms with E-state index in [1.807, 2.05) is 48.5 Å². The van der Waals surface area contributed by atoms with Crippen LogP contribution in [0.3, 0.4) is 0 Å². The van der Waals surface area contributed by atoms with Crippen LogP contribution in [-0.4, -0.2) is 19.7 Å². The van der Waals surface area contributed by atoms with E-state index in [2.05, 4.69) is 0 Å². The van der Waals surface area contributed by atoms with E-state index < -0.39 is 0 Å². The van der Waals surface area contributed by atoms with E-state index in [-0.39, 0.29) is 5.97 Å². The summed E-state index contributed by atoms with van der Waals surface area (Å²) in [6.45, 7) is 2.18. The molecule has 21 heavy (non-hydrogen) atoms. The average molecular weight is 282 g/mol. The maximum atomic E-state index is 11.2. The Hall–Kier alpha value is -2.55. The van der Waals surface area contributed by atoms with Crippen molar-refractivity contribution in [1.29, 1.82) is 0 Å². The van der Waals surface area contributed by atoms with Gasteiger partial charge in [-0.2, -0.15) is 0 Å². The highest BCUT2D eigenvalue weighted by atomic mass is 16.5. The molecule has 0 aliphatic carbocycles. The lowest BCUT2D eigenvalue weighted by Crippen LogP contribution is -1.98. The minimum absolute atomic E-state index is 0.322. The summed E-state index contributed by atoms with van der Waals surface area (Å²) in [6, 6.07) is 15.9. The largest absolute Gasteiger partial charge is 0.497 e. The quantitative estimate of drug-likeness (QED) is 0.615. The number of rotatable bonds is 5. The Labute approximate surface area is 124 Å². The molecule has 3 heteroatoms. The Morgan fingerprint density at radius 1 is 1.00 bits per heavy atom. The summed E-state index contributed by atoms with van der Waals surface area (Å²) in [5.41, 5.74) is 3.20. The molecule has 0 radical (unpaired) electrons. The molecule has 0 spiro atoms. The van der Waals surface area contributed by atoms with Crippen LogP contribution in [0.25, 0.3) is 17.2 Å². The van der Waals surface area contributed by atoms with E-state index in [1.165, 1.54) is 6.08 Å². The van der Waals surface area contributed by atoms with Crippen molar-refractivity contribution < 1.29 is 14.3 Å². The van der Waals surface area contributed by atoms with Gasteiger partial charge in [0.1, 0.15) is 5.75 Å². The van der Waals surface area contributed by atoms with Crippen LogP contribution >= 0.6 is 0 Å². The molecule has 0 atom stereocenters. The molecule has 0 aliphatic heterocycles. The summed E-state index contributed by atoms with van der Waals surface area (Å²) in [5, 5.41) is 0. The highest BCUT2D eigenvalue weighted by Crippen LogP contribution is 2.22. The molecule has 0 N–H and O–H groups in total. The molecule has 0 heterocycles. The maximum absolute atomic E-state index is 11.2. The summed E-state index contributed by atoms with van der Waals surface area (Å²) < 4.78 is 9.99. The van der Waals surface area contributed by atoms with Crippen LogP contribution in [0, 0.1) is 0 Å². The number of carbonyl (C=O) groups excluding carboxylic acids is 1. The molecule has 0 unspecified atom stereocenters. The molecular formula is C18H18O3. The van der Waals surface area contributed by atoms with Crippen molar-refractivity contribution in [3.63, 3.8) is 0 Å². The lowest BCUT2D eigenvalue weighted by Gasteiger charge is -2.04. The molecule has 108 valence electrons. The standard InChI is InChI=1S/C18H18O3/c1-3-21-18(19)13-6-14-4-7-15(8-5-14)16-9-11-17(20-2)12-10-16/h4-13H,3H2,1-2H3. The van der Waals surface area contributed by atoms with Crippen molar-refractivity contribution in [1.82, 2.24) is 0 Å². The molecule has 0 bridgehead atoms. The highest BCUT2D eigenvalue weighted by molar-refractivity contribution is 5.87. The van der Waals surface area contributed by atoms with E-state index in [0.717, 1.165) is 22.4 Å². The summed E-state index contributed by atoms with van der Waals surface area (Å²) in [7, 11) is 1.65. The number of methoxy groups -OCH3 is 1. The van der Waals surface area contributed by atoms with Crippen molar-refractivity contribution in [2.24, 2.45) is 0 Å². The van der Waals surface area contributed by atoms with E-state index in [9.17, 15) is 4.79 Å². The molecule has 0 aliphatic rings. The zero-order chi connectivity index (χ0) is 15.1. The average Bonchev–Trinajstić information content (AvgIpc) is 2.54. The smallest absolute Gasteiger partial charge is 0.330 e. The summed E-state index contributed by atoms with van der Waals surface area (Å²) in [5.74, 6) is 0.518. The molecule has 0 fully saturated rings. The second kappa shape index (κ2) is 7.29. The number of ether oxygens (including phenoxy) is 2. The van der Waals surface area contributed by atoms with Crippen LogP contribution in [0.5, 0.6) is 5.75 Å². The van der Waals surface area contributed by atoms with Crippen LogP contribution in [0.4, 0.5) is 0 Å². The molecule has 3 nitrogen and oxygen atoms in total. The lowest BCUT2D eigenvalue weighted by atomic mass is 10.0. The molecule has 0 saturated carbocycles. The second-order valence-electron chi connectivity index (χ2n) is 4.44. The monoisotopic (exact) mass is 282 g/mol. The summed E-state index contributed by atoms with van der Waals surface area (Å²) in [6.07, 6.45) is 3.18. The van der Waals surface area contributed by atoms with Crippen molar-refractivity contribution >= 4 is 12.0 Å². The Morgan fingerprint density at radius 2 is 1.57 bits per heavy atom. The third-order valence-corrected chi connectivity index (χ3v) is 3.03. The summed E-state index contributed by atoms with van der Waals surface area (Å²) in [4.78, 5) is 11.2. The van der Waals surface area contributed by atoms with Gasteiger partial charge in [-0.25, -0.2) is 4.79 Å². The van der Waals surface area contributed by atoms with Crippen LogP contribution in [0.1, 0.15) is 12.5 Å². The van der Waals surface area contributed by atoms with Gasteiger partial charge in [-0.1, -0.05) is 36.4 Å². The fourth-order valence-corrected chi connectivity index (χ4v) is 1.92. The van der Waals surface area contributed by atoms with Crippen LogP contribution in [0.2, 0.25) is 0 Å². The highest BCUT2D eigenvalue weighted by Gasteiger charge is 1.99. The van der Waals surface area contributed by atoms with Gasteiger partial charge in [0.2, 0.25) is 0 Å². The Bertz CT molecular complexity index is 610. The minimum atomic E-state index is -0.322. The van der Waals surface area contributed by atoms with Gasteiger partial charge < -0.3 is 9.47 Å². The Balaban J connectivity index is 2.09. The summed E-state index contributed by atoms with van der Waals surface area (Å²) >= 11 is 0. The number of hydrogen-bond acceptors (Lipinski definition) is 3. The number of esters is 1. The topological polar surface area (TPSA) is 35.5 Å². The van der Waals surface area contributed by atoms with Crippen LogP contribution in [0.15, 0.2) is 54.6 Å². The molecule has 2 aromatic carbocycles. The van der Waals surface area contributed by atoms with E-state index in [1.54, 1.807) is 20.1 Å². The van der Waals surface area contributed by atoms with Crippen LogP contribution in [-0.2, 0) is 9.53 Å². The molecule has 0 aromatic heterocycles. The maximum Gasteiger partial charge on any atom is 0.330 e. The van der Waals surface area contributed by atoms with Gasteiger partial charge in [0.05, 0.1) is 13.7 Å². The number of hydrogen-bond donors (Lipinski definition) is 0. The van der Waals surface area contributed by atoms with Gasteiger partial charge in [0, 0.05) is 6.08 Å². The van der Waals surface area contributed by atoms with Gasteiger partial charge in [-0.3, -0.25) is 0 Å². The first-order valence-electron chi connectivity index (χ1n) is 6.82. The fraction of sp³-hybridized carbons (Fsp3) is 0.167. The third kappa shape index (κ3) is 4.21. The van der Waals surface area contributed by atoms with Gasteiger partial charge in [0.15, 0.2) is 0 Å². The number of carbonyl (C=O) groups is 1. The van der Waals surface area contributed by atoms with Gasteiger partial charge in [-0.05, 0) is 41.8 Å². The third-order valence-electron chi connectivity index (χ3n) is 3.03. The van der Waals surface area contributed by atoms with E-state index in [4.69, 9.17) is 9.47 Å². The number of benzene rings is 2. The first kappa shape index (κ1) is 14.9. The Kier molecular flexibility index (Phi) is 5.16. The van der Waals surface area contributed by atoms with Crippen molar-refractivity contribution in [2.45, 2.75) is 6.92 Å². The zero-order valence-electron chi connectivity index (χ0n) is 12.2. The predicted octanol–water partition coefficient (Wildman–Crippen LogP) is 3.94. The first-order valence-corrected chi connectivity index (χ1v) is 6.82. The second-order valence-corrected chi connectivity index (χ2v) is 4.44. The molecule has 0 amide bonds. The van der Waals surface area contributed by atoms with Gasteiger partial charge >= 0.3 is 5.97 Å². The van der Waals surface area contributed by atoms with Crippen molar-refractivity contribution in [3.8, 4) is 16.9 Å². The normalized spacial score (nSPS) is 10.6.